The van der Waals surface area contributed by atoms with E-state index in [-0.39, 0.29) is 0 Å². The molecule has 0 amide bonds. The highest BCUT2D eigenvalue weighted by Gasteiger charge is 2.31. The number of nitrogens with zero attached hydrogens (tertiary/aromatic N) is 1. The molecule has 4 rings (SSSR count). The maximum absolute atomic E-state index is 5.87. The summed E-state index contributed by atoms with van der Waals surface area (Å²) in [7, 11) is 0. The summed E-state index contributed by atoms with van der Waals surface area (Å²) in [5, 5.41) is 0. The topological polar surface area (TPSA) is 12.5 Å². The zero-order chi connectivity index (χ0) is 15.5. The second kappa shape index (κ2) is 6.76. The molecule has 2 fully saturated rings. The first kappa shape index (κ1) is 14.8. The van der Waals surface area contributed by atoms with Crippen molar-refractivity contribution in [3.05, 3.63) is 60.2 Å². The molecule has 1 saturated heterocycles. The van der Waals surface area contributed by atoms with Crippen molar-refractivity contribution >= 4 is 0 Å². The van der Waals surface area contributed by atoms with Crippen LogP contribution in [-0.4, -0.2) is 24.5 Å². The summed E-state index contributed by atoms with van der Waals surface area (Å²) < 4.78 is 5.87. The van der Waals surface area contributed by atoms with E-state index in [4.69, 9.17) is 4.74 Å². The van der Waals surface area contributed by atoms with Gasteiger partial charge in [-0.15, -0.1) is 0 Å². The smallest absolute Gasteiger partial charge is 0.127 e. The summed E-state index contributed by atoms with van der Waals surface area (Å²) in [5.74, 6) is 3.49. The molecule has 1 aliphatic carbocycles. The van der Waals surface area contributed by atoms with Crippen molar-refractivity contribution in [1.82, 2.24) is 4.90 Å². The van der Waals surface area contributed by atoms with Gasteiger partial charge in [-0.25, -0.2) is 0 Å². The Kier molecular flexibility index (Phi) is 4.34. The lowest BCUT2D eigenvalue weighted by Crippen LogP contribution is -2.33. The Morgan fingerprint density at radius 2 is 1.48 bits per heavy atom. The Bertz CT molecular complexity index is 610. The Morgan fingerprint density at radius 1 is 0.826 bits per heavy atom. The van der Waals surface area contributed by atoms with E-state index in [1.807, 2.05) is 30.3 Å². The number of likely N-dealkylation sites (tertiary alicyclic amines) is 1. The quantitative estimate of drug-likeness (QED) is 0.765. The molecule has 2 nitrogen and oxygen atoms in total. The fraction of sp³-hybridized carbons (Fsp3) is 0.429. The highest BCUT2D eigenvalue weighted by atomic mass is 16.5. The molecule has 1 heterocycles. The van der Waals surface area contributed by atoms with Crippen molar-refractivity contribution in [1.29, 1.82) is 0 Å². The molecular weight excluding hydrogens is 282 g/mol. The van der Waals surface area contributed by atoms with Gasteiger partial charge in [-0.2, -0.15) is 0 Å². The molecule has 0 spiro atoms. The Morgan fingerprint density at radius 3 is 2.17 bits per heavy atom. The van der Waals surface area contributed by atoms with Crippen molar-refractivity contribution < 1.29 is 4.74 Å². The van der Waals surface area contributed by atoms with Crippen LogP contribution >= 0.6 is 0 Å². The van der Waals surface area contributed by atoms with E-state index in [2.05, 4.69) is 29.2 Å². The Hall–Kier alpha value is -1.80. The summed E-state index contributed by atoms with van der Waals surface area (Å²) in [6.45, 7) is 3.98. The zero-order valence-electron chi connectivity index (χ0n) is 13.7. The number of benzene rings is 2. The summed E-state index contributed by atoms with van der Waals surface area (Å²) in [6, 6.07) is 18.7. The van der Waals surface area contributed by atoms with Gasteiger partial charge in [0.25, 0.3) is 0 Å². The zero-order valence-corrected chi connectivity index (χ0v) is 13.7. The highest BCUT2D eigenvalue weighted by molar-refractivity contribution is 5.34. The lowest BCUT2D eigenvalue weighted by molar-refractivity contribution is 0.180. The average Bonchev–Trinajstić information content (AvgIpc) is 3.06. The largest absolute Gasteiger partial charge is 0.457 e. The van der Waals surface area contributed by atoms with Gasteiger partial charge in [-0.3, -0.25) is 0 Å². The first-order chi connectivity index (χ1) is 11.4. The van der Waals surface area contributed by atoms with Gasteiger partial charge in [0.1, 0.15) is 11.5 Å². The van der Waals surface area contributed by atoms with Crippen LogP contribution in [-0.2, 0) is 0 Å². The molecule has 0 radical (unpaired) electrons. The molecular formula is C21H25NO. The van der Waals surface area contributed by atoms with Crippen LogP contribution in [0.25, 0.3) is 0 Å². The van der Waals surface area contributed by atoms with Crippen LogP contribution in [0.15, 0.2) is 54.6 Å². The van der Waals surface area contributed by atoms with Gasteiger partial charge in [0.15, 0.2) is 0 Å². The van der Waals surface area contributed by atoms with E-state index >= 15 is 0 Å². The maximum Gasteiger partial charge on any atom is 0.127 e. The molecule has 1 saturated carbocycles. The van der Waals surface area contributed by atoms with E-state index in [0.29, 0.717) is 0 Å². The van der Waals surface area contributed by atoms with E-state index in [9.17, 15) is 0 Å². The molecule has 0 aromatic heterocycles. The molecule has 0 atom stereocenters. The van der Waals surface area contributed by atoms with Gasteiger partial charge in [-0.05, 0) is 80.4 Å². The van der Waals surface area contributed by atoms with Crippen LogP contribution in [0.3, 0.4) is 0 Å². The minimum absolute atomic E-state index is 0.758. The van der Waals surface area contributed by atoms with Gasteiger partial charge in [0.05, 0.1) is 0 Å². The molecule has 2 aromatic rings. The predicted molar refractivity (Wildman–Crippen MR) is 94.1 cm³/mol. The van der Waals surface area contributed by atoms with Crippen molar-refractivity contribution in [3.8, 4) is 11.5 Å². The van der Waals surface area contributed by atoms with Crippen LogP contribution in [0.4, 0.5) is 0 Å². The van der Waals surface area contributed by atoms with E-state index in [1.165, 1.54) is 50.9 Å². The van der Waals surface area contributed by atoms with Crippen molar-refractivity contribution in [2.75, 3.05) is 19.6 Å². The Labute approximate surface area is 139 Å². The third-order valence-corrected chi connectivity index (χ3v) is 5.28. The fourth-order valence-corrected chi connectivity index (χ4v) is 3.92. The summed E-state index contributed by atoms with van der Waals surface area (Å²) in [6.07, 6.45) is 5.52. The van der Waals surface area contributed by atoms with Crippen molar-refractivity contribution in [3.63, 3.8) is 0 Å². The van der Waals surface area contributed by atoms with Crippen LogP contribution in [0.1, 0.15) is 37.2 Å². The predicted octanol–water partition coefficient (Wildman–Crippen LogP) is 5.07. The number of rotatable bonds is 5. The third kappa shape index (κ3) is 3.59. The van der Waals surface area contributed by atoms with Crippen LogP contribution in [0.2, 0.25) is 0 Å². The third-order valence-electron chi connectivity index (χ3n) is 5.28. The molecule has 0 N–H and O–H groups in total. The standard InChI is InChI=1S/C21H25NO/c1-2-6-20(7-3-1)23-21-10-8-18(9-11-21)19-14-17(15-19)16-22-12-4-5-13-22/h1-3,6-11,17,19H,4-5,12-16H2. The normalized spacial score (nSPS) is 24.3. The van der Waals surface area contributed by atoms with Crippen LogP contribution < -0.4 is 4.74 Å². The SMILES string of the molecule is c1ccc(Oc2ccc(C3CC(CN4CCCC4)C3)cc2)cc1. The van der Waals surface area contributed by atoms with Crippen molar-refractivity contribution in [2.24, 2.45) is 5.92 Å². The number of hydrogen-bond acceptors (Lipinski definition) is 2. The Balaban J connectivity index is 1.29. The first-order valence-corrected chi connectivity index (χ1v) is 8.92. The summed E-state index contributed by atoms with van der Waals surface area (Å²) >= 11 is 0. The molecule has 2 aromatic carbocycles. The molecule has 23 heavy (non-hydrogen) atoms. The molecule has 0 bridgehead atoms. The van der Waals surface area contributed by atoms with Crippen LogP contribution in [0, 0.1) is 5.92 Å². The van der Waals surface area contributed by atoms with E-state index in [0.717, 1.165) is 23.3 Å². The fourth-order valence-electron chi connectivity index (χ4n) is 3.92. The van der Waals surface area contributed by atoms with Gasteiger partial charge in [0.2, 0.25) is 0 Å². The number of para-hydroxylation sites is 1. The summed E-state index contributed by atoms with van der Waals surface area (Å²) in [5.41, 5.74) is 1.48. The molecule has 1 aliphatic heterocycles. The summed E-state index contributed by atoms with van der Waals surface area (Å²) in [4.78, 5) is 2.65. The van der Waals surface area contributed by atoms with Crippen molar-refractivity contribution in [2.45, 2.75) is 31.6 Å². The van der Waals surface area contributed by atoms with Gasteiger partial charge >= 0.3 is 0 Å². The second-order valence-electron chi connectivity index (χ2n) is 7.03. The minimum atomic E-state index is 0.758. The molecule has 120 valence electrons. The first-order valence-electron chi connectivity index (χ1n) is 8.92. The van der Waals surface area contributed by atoms with Gasteiger partial charge in [0, 0.05) is 6.54 Å². The lowest BCUT2D eigenvalue weighted by Gasteiger charge is -2.38. The number of ether oxygens (including phenoxy) is 1. The maximum atomic E-state index is 5.87. The highest BCUT2D eigenvalue weighted by Crippen LogP contribution is 2.42. The molecule has 2 heteroatoms. The van der Waals surface area contributed by atoms with Gasteiger partial charge < -0.3 is 9.64 Å². The molecule has 2 aliphatic rings. The van der Waals surface area contributed by atoms with E-state index in [1.54, 1.807) is 0 Å². The number of hydrogen-bond donors (Lipinski definition) is 0. The van der Waals surface area contributed by atoms with E-state index < -0.39 is 0 Å². The average molecular weight is 307 g/mol. The molecule has 0 unspecified atom stereocenters. The lowest BCUT2D eigenvalue weighted by atomic mass is 9.71. The monoisotopic (exact) mass is 307 g/mol. The minimum Gasteiger partial charge on any atom is -0.457 e. The second-order valence-corrected chi connectivity index (χ2v) is 7.03. The van der Waals surface area contributed by atoms with Crippen LogP contribution in [0.5, 0.6) is 11.5 Å². The van der Waals surface area contributed by atoms with Gasteiger partial charge in [-0.1, -0.05) is 30.3 Å².